The van der Waals surface area contributed by atoms with E-state index in [2.05, 4.69) is 9.98 Å². The predicted molar refractivity (Wildman–Crippen MR) is 92.0 cm³/mol. The van der Waals surface area contributed by atoms with Crippen LogP contribution in [0.4, 0.5) is 0 Å². The van der Waals surface area contributed by atoms with Crippen molar-refractivity contribution in [3.63, 3.8) is 0 Å². The van der Waals surface area contributed by atoms with E-state index >= 15 is 0 Å². The number of phenols is 2. The molecular weight excluding hydrogens is 300 g/mol. The zero-order valence-electron chi connectivity index (χ0n) is 12.5. The third-order valence-electron chi connectivity index (χ3n) is 2.69. The molecule has 23 heavy (non-hydrogen) atoms. The summed E-state index contributed by atoms with van der Waals surface area (Å²) in [6, 6.07) is 14.1. The highest BCUT2D eigenvalue weighted by Gasteiger charge is 1.95. The molecule has 0 atom stereocenters. The smallest absolute Gasteiger partial charge is 0.124 e. The van der Waals surface area contributed by atoms with Gasteiger partial charge in [0.05, 0.1) is 13.1 Å². The molecule has 0 amide bonds. The molecule has 2 aromatic rings. The topological polar surface area (TPSA) is 160 Å². The first-order valence-corrected chi connectivity index (χ1v) is 6.33. The lowest BCUT2D eigenvalue weighted by Crippen LogP contribution is -1.91. The van der Waals surface area contributed by atoms with Crippen LogP contribution in [0.1, 0.15) is 11.1 Å². The van der Waals surface area contributed by atoms with Crippen molar-refractivity contribution >= 4 is 12.4 Å². The van der Waals surface area contributed by atoms with Gasteiger partial charge in [-0.15, -0.1) is 0 Å². The van der Waals surface area contributed by atoms with Crippen LogP contribution in [0.15, 0.2) is 58.5 Å². The average Bonchev–Trinajstić information content (AvgIpc) is 2.46. The summed E-state index contributed by atoms with van der Waals surface area (Å²) >= 11 is 0. The maximum atomic E-state index is 9.54. The number of aromatic hydroxyl groups is 2. The molecule has 0 aliphatic heterocycles. The Labute approximate surface area is 134 Å². The van der Waals surface area contributed by atoms with Crippen LogP contribution >= 0.6 is 0 Å². The second kappa shape index (κ2) is 11.9. The third kappa shape index (κ3) is 7.18. The van der Waals surface area contributed by atoms with Crippen molar-refractivity contribution < 1.29 is 26.6 Å². The number of hydrogen-bond donors (Lipinski definition) is 2. The molecule has 2 aromatic carbocycles. The number of aliphatic imine (C=N–C) groups is 2. The monoisotopic (exact) mass is 322 g/mol. The largest absolute Gasteiger partial charge is 0.507 e. The summed E-state index contributed by atoms with van der Waals surface area (Å²) < 4.78 is 0. The van der Waals surface area contributed by atoms with Crippen molar-refractivity contribution in [2.45, 2.75) is 0 Å². The van der Waals surface area contributed by atoms with Gasteiger partial charge < -0.3 is 26.6 Å². The molecule has 0 spiro atoms. The molecule has 0 unspecified atom stereocenters. The minimum Gasteiger partial charge on any atom is -0.507 e. The Hall–Kier alpha value is -2.74. The van der Waals surface area contributed by atoms with Gasteiger partial charge in [-0.3, -0.25) is 9.98 Å². The average molecular weight is 322 g/mol. The molecule has 7 heteroatoms. The van der Waals surface area contributed by atoms with Gasteiger partial charge in [-0.2, -0.15) is 0 Å². The summed E-state index contributed by atoms with van der Waals surface area (Å²) in [6.07, 6.45) is 3.26. The van der Waals surface area contributed by atoms with Crippen molar-refractivity contribution in [1.82, 2.24) is 0 Å². The van der Waals surface area contributed by atoms with Gasteiger partial charge >= 0.3 is 0 Å². The van der Waals surface area contributed by atoms with E-state index in [9.17, 15) is 10.2 Å². The molecule has 126 valence electrons. The van der Waals surface area contributed by atoms with Gasteiger partial charge in [0, 0.05) is 23.6 Å². The third-order valence-corrected chi connectivity index (χ3v) is 2.69. The van der Waals surface area contributed by atoms with Crippen LogP contribution in [0, 0.1) is 0 Å². The Balaban J connectivity index is 0. The van der Waals surface area contributed by atoms with Gasteiger partial charge in [-0.25, -0.2) is 0 Å². The summed E-state index contributed by atoms with van der Waals surface area (Å²) in [5.41, 5.74) is 1.38. The van der Waals surface area contributed by atoms with Crippen LogP contribution in [0.25, 0.3) is 0 Å². The molecule has 0 radical (unpaired) electrons. The summed E-state index contributed by atoms with van der Waals surface area (Å²) in [5, 5.41) is 19.1. The van der Waals surface area contributed by atoms with Crippen molar-refractivity contribution in [1.29, 1.82) is 0 Å². The Kier molecular flexibility index (Phi) is 11.6. The standard InChI is InChI=1S/C16H16N2O2.3H2O/c19-15-7-3-1-5-13(15)11-17-9-10-18-12-14-6-2-4-8-16(14)20;;;/h1-8,11-12,19-20H,9-10H2;3*1H2. The molecule has 0 heterocycles. The van der Waals surface area contributed by atoms with Crippen molar-refractivity contribution in [2.24, 2.45) is 9.98 Å². The van der Waals surface area contributed by atoms with Gasteiger partial charge in [0.15, 0.2) is 0 Å². The Bertz CT molecular complexity index is 574. The van der Waals surface area contributed by atoms with Crippen LogP contribution in [0.2, 0.25) is 0 Å². The zero-order valence-corrected chi connectivity index (χ0v) is 12.5. The minimum atomic E-state index is 0. The van der Waals surface area contributed by atoms with Crippen molar-refractivity contribution in [3.8, 4) is 11.5 Å². The molecular formula is C16H22N2O5. The molecule has 0 aliphatic rings. The zero-order chi connectivity index (χ0) is 14.2. The lowest BCUT2D eigenvalue weighted by atomic mass is 10.2. The molecule has 0 bridgehead atoms. The van der Waals surface area contributed by atoms with Crippen LogP contribution in [-0.4, -0.2) is 52.2 Å². The first-order valence-electron chi connectivity index (χ1n) is 6.33. The summed E-state index contributed by atoms with van der Waals surface area (Å²) in [7, 11) is 0. The SMILES string of the molecule is O.O.O.Oc1ccccc1C=NCCN=Cc1ccccc1O. The van der Waals surface area contributed by atoms with Crippen LogP contribution in [0.5, 0.6) is 11.5 Å². The Morgan fingerprint density at radius 3 is 1.35 bits per heavy atom. The first-order chi connectivity index (χ1) is 9.77. The number of rotatable bonds is 5. The Morgan fingerprint density at radius 1 is 0.652 bits per heavy atom. The predicted octanol–water partition coefficient (Wildman–Crippen LogP) is 0.162. The second-order valence-electron chi connectivity index (χ2n) is 4.19. The molecule has 2 rings (SSSR count). The molecule has 0 aliphatic carbocycles. The molecule has 8 N–H and O–H groups in total. The number of phenolic OH excluding ortho intramolecular Hbond substituents is 2. The van der Waals surface area contributed by atoms with E-state index < -0.39 is 0 Å². The minimum absolute atomic E-state index is 0. The van der Waals surface area contributed by atoms with E-state index in [1.165, 1.54) is 0 Å². The molecule has 0 saturated heterocycles. The van der Waals surface area contributed by atoms with Gasteiger partial charge in [0.25, 0.3) is 0 Å². The molecule has 7 nitrogen and oxygen atoms in total. The van der Waals surface area contributed by atoms with Gasteiger partial charge in [-0.1, -0.05) is 24.3 Å². The second-order valence-corrected chi connectivity index (χ2v) is 4.19. The fraction of sp³-hybridized carbons (Fsp3) is 0.125. The highest BCUT2D eigenvalue weighted by Crippen LogP contribution is 2.13. The van der Waals surface area contributed by atoms with E-state index in [0.717, 1.165) is 0 Å². The quantitative estimate of drug-likeness (QED) is 0.593. The van der Waals surface area contributed by atoms with Crippen LogP contribution in [0.3, 0.4) is 0 Å². The molecule has 0 fully saturated rings. The Morgan fingerprint density at radius 2 is 1.00 bits per heavy atom. The molecule has 0 saturated carbocycles. The van der Waals surface area contributed by atoms with Crippen molar-refractivity contribution in [3.05, 3.63) is 59.7 Å². The fourth-order valence-corrected chi connectivity index (χ4v) is 1.63. The van der Waals surface area contributed by atoms with Crippen LogP contribution in [-0.2, 0) is 0 Å². The van der Waals surface area contributed by atoms with Gasteiger partial charge in [0.1, 0.15) is 11.5 Å². The van der Waals surface area contributed by atoms with Gasteiger partial charge in [-0.05, 0) is 24.3 Å². The van der Waals surface area contributed by atoms with Crippen molar-refractivity contribution in [2.75, 3.05) is 13.1 Å². The maximum Gasteiger partial charge on any atom is 0.124 e. The maximum absolute atomic E-state index is 9.54. The lowest BCUT2D eigenvalue weighted by molar-refractivity contribution is 0.474. The number of nitrogens with zero attached hydrogens (tertiary/aromatic N) is 2. The highest BCUT2D eigenvalue weighted by atomic mass is 16.3. The fourth-order valence-electron chi connectivity index (χ4n) is 1.63. The first kappa shape index (κ1) is 22.5. The normalized spacial score (nSPS) is 9.91. The number of benzene rings is 2. The number of para-hydroxylation sites is 2. The summed E-state index contributed by atoms with van der Waals surface area (Å²) in [5.74, 6) is 0.433. The summed E-state index contributed by atoms with van der Waals surface area (Å²) in [6.45, 7) is 1.05. The number of hydrogen-bond acceptors (Lipinski definition) is 4. The summed E-state index contributed by atoms with van der Waals surface area (Å²) in [4.78, 5) is 8.39. The van der Waals surface area contributed by atoms with E-state index in [0.29, 0.717) is 24.2 Å². The lowest BCUT2D eigenvalue weighted by Gasteiger charge is -1.97. The van der Waals surface area contributed by atoms with E-state index in [-0.39, 0.29) is 27.9 Å². The highest BCUT2D eigenvalue weighted by molar-refractivity contribution is 5.84. The van der Waals surface area contributed by atoms with Gasteiger partial charge in [0.2, 0.25) is 0 Å². The molecule has 0 aromatic heterocycles. The van der Waals surface area contributed by atoms with Crippen LogP contribution < -0.4 is 0 Å². The van der Waals surface area contributed by atoms with E-state index in [4.69, 9.17) is 0 Å². The van der Waals surface area contributed by atoms with E-state index in [1.807, 2.05) is 12.1 Å². The van der Waals surface area contributed by atoms with E-state index in [1.54, 1.807) is 48.8 Å².